The minimum absolute atomic E-state index is 0.0249. The van der Waals surface area contributed by atoms with Gasteiger partial charge in [-0.25, -0.2) is 19.8 Å². The number of ether oxygens (including phenoxy) is 2. The van der Waals surface area contributed by atoms with Crippen molar-refractivity contribution in [2.45, 2.75) is 35.4 Å². The van der Waals surface area contributed by atoms with Crippen molar-refractivity contribution in [3.8, 4) is 0 Å². The van der Waals surface area contributed by atoms with Crippen LogP contribution in [0, 0.1) is 0 Å². The van der Waals surface area contributed by atoms with Gasteiger partial charge in [-0.05, 0) is 31.2 Å². The average Bonchev–Trinajstić information content (AvgIpc) is 3.14. The zero-order chi connectivity index (χ0) is 22.9. The molecule has 14 heteroatoms. The molecule has 3 heterocycles. The average molecular weight is 497 g/mol. The van der Waals surface area contributed by atoms with E-state index in [2.05, 4.69) is 15.0 Å². The predicted octanol–water partition coefficient (Wildman–Crippen LogP) is 3.02. The van der Waals surface area contributed by atoms with Gasteiger partial charge in [0, 0.05) is 17.0 Å². The summed E-state index contributed by atoms with van der Waals surface area (Å²) in [6, 6.07) is 7.33. The Kier molecular flexibility index (Phi) is 7.23. The SMILES string of the molecule is [B][P+]1(O)OC[C@H](OC)[C@H](n2c(Sc3ccc(Cl)cc3)nc3c(N)ncnc32)O[C@@H](C)CO1. The molecule has 2 aromatic heterocycles. The third-order valence-corrected chi connectivity index (χ3v) is 6.93. The number of nitrogens with two attached hydrogens (primary N) is 1. The van der Waals surface area contributed by atoms with Gasteiger partial charge in [-0.3, -0.25) is 4.57 Å². The topological polar surface area (TPSA) is 127 Å². The van der Waals surface area contributed by atoms with E-state index in [1.165, 1.54) is 25.2 Å². The Hall–Kier alpha value is -1.50. The van der Waals surface area contributed by atoms with Gasteiger partial charge in [0.25, 0.3) is 0 Å². The largest absolute Gasteiger partial charge is 0.488 e. The molecule has 4 rings (SSSR count). The van der Waals surface area contributed by atoms with Crippen LogP contribution in [0.15, 0.2) is 40.6 Å². The van der Waals surface area contributed by atoms with E-state index >= 15 is 0 Å². The summed E-state index contributed by atoms with van der Waals surface area (Å²) in [5, 5.41) is 1.17. The van der Waals surface area contributed by atoms with Crippen LogP contribution in [0.2, 0.25) is 5.02 Å². The molecular formula is C18H21BClN5O5PS+. The van der Waals surface area contributed by atoms with Gasteiger partial charge in [0.2, 0.25) is 0 Å². The van der Waals surface area contributed by atoms with E-state index in [9.17, 15) is 4.89 Å². The van der Waals surface area contributed by atoms with Crippen molar-refractivity contribution in [1.29, 1.82) is 0 Å². The fourth-order valence-corrected chi connectivity index (χ4v) is 5.00. The molecule has 1 fully saturated rings. The van der Waals surface area contributed by atoms with Gasteiger partial charge < -0.3 is 15.2 Å². The zero-order valence-corrected chi connectivity index (χ0v) is 19.8. The monoisotopic (exact) mass is 496 g/mol. The number of halogens is 1. The number of nitrogen functional groups attached to an aromatic ring is 1. The van der Waals surface area contributed by atoms with Crippen molar-refractivity contribution in [3.05, 3.63) is 35.6 Å². The van der Waals surface area contributed by atoms with Gasteiger partial charge >= 0.3 is 15.4 Å². The summed E-state index contributed by atoms with van der Waals surface area (Å²) in [6.45, 7) is 1.73. The predicted molar refractivity (Wildman–Crippen MR) is 122 cm³/mol. The van der Waals surface area contributed by atoms with Crippen molar-refractivity contribution in [2.75, 3.05) is 26.1 Å². The van der Waals surface area contributed by atoms with Crippen LogP contribution in [-0.4, -0.2) is 64.5 Å². The van der Waals surface area contributed by atoms with E-state index in [1.54, 1.807) is 23.6 Å². The summed E-state index contributed by atoms with van der Waals surface area (Å²) in [5.41, 5.74) is 6.97. The first-order chi connectivity index (χ1) is 15.3. The van der Waals surface area contributed by atoms with Gasteiger partial charge in [-0.1, -0.05) is 23.4 Å². The highest BCUT2D eigenvalue weighted by atomic mass is 35.5. The third kappa shape index (κ3) is 5.18. The molecule has 1 aliphatic rings. The summed E-state index contributed by atoms with van der Waals surface area (Å²) in [4.78, 5) is 24.2. The quantitative estimate of drug-likeness (QED) is 0.411. The third-order valence-electron chi connectivity index (χ3n) is 4.66. The van der Waals surface area contributed by atoms with Crippen LogP contribution in [0.4, 0.5) is 5.82 Å². The van der Waals surface area contributed by atoms with Crippen molar-refractivity contribution >= 4 is 55.7 Å². The first-order valence-electron chi connectivity index (χ1n) is 9.57. The van der Waals surface area contributed by atoms with Crippen LogP contribution in [0.25, 0.3) is 11.2 Å². The Morgan fingerprint density at radius 1 is 1.28 bits per heavy atom. The number of hydrogen-bond donors (Lipinski definition) is 2. The number of benzene rings is 1. The second-order valence-electron chi connectivity index (χ2n) is 7.02. The van der Waals surface area contributed by atoms with Crippen LogP contribution in [0.5, 0.6) is 0 Å². The van der Waals surface area contributed by atoms with E-state index in [0.29, 0.717) is 21.3 Å². The number of fused-ring (bicyclic) bond motifs is 1. The lowest BCUT2D eigenvalue weighted by Gasteiger charge is -2.28. The highest BCUT2D eigenvalue weighted by Crippen LogP contribution is 2.53. The number of rotatable bonds is 4. The molecule has 1 saturated heterocycles. The van der Waals surface area contributed by atoms with Gasteiger partial charge in [-0.2, -0.15) is 9.05 Å². The van der Waals surface area contributed by atoms with Crippen molar-refractivity contribution < 1.29 is 23.4 Å². The van der Waals surface area contributed by atoms with Crippen LogP contribution >= 0.6 is 31.2 Å². The van der Waals surface area contributed by atoms with E-state index in [4.69, 9.17) is 43.4 Å². The molecule has 2 radical (unpaired) electrons. The normalized spacial score (nSPS) is 27.1. The van der Waals surface area contributed by atoms with E-state index < -0.39 is 26.3 Å². The molecule has 1 aromatic carbocycles. The number of methoxy groups -OCH3 is 1. The van der Waals surface area contributed by atoms with Crippen molar-refractivity contribution in [3.63, 3.8) is 0 Å². The fraction of sp³-hybridized carbons (Fsp3) is 0.389. The second kappa shape index (κ2) is 9.78. The van der Waals surface area contributed by atoms with E-state index in [0.717, 1.165) is 4.90 Å². The molecule has 1 aliphatic heterocycles. The Bertz CT molecular complexity index is 1090. The van der Waals surface area contributed by atoms with E-state index in [1.807, 2.05) is 12.1 Å². The standard InChI is InChI=1S/C18H21BClN5O5PS/c1-10-7-28-31(19,26)29-8-13(27-2)17(30-10)25-16-14(15(21)22-9-23-16)24-18(25)32-12-5-3-11(20)4-6-12/h3-6,9-10,13,17,26H,7-8H2,1-2H3,(H2,21,22,23)/q+1/t10-,13-,17+,31?/m0/s1. The molecular weight excluding hydrogens is 476 g/mol. The van der Waals surface area contributed by atoms with Crippen molar-refractivity contribution in [1.82, 2.24) is 19.5 Å². The molecule has 0 saturated carbocycles. The Balaban J connectivity index is 1.82. The molecule has 0 aliphatic carbocycles. The molecule has 1 unspecified atom stereocenters. The van der Waals surface area contributed by atoms with Gasteiger partial charge in [0.1, 0.15) is 25.6 Å². The molecule has 3 N–H and O–H groups in total. The Labute approximate surface area is 195 Å². The van der Waals surface area contributed by atoms with Crippen LogP contribution < -0.4 is 5.73 Å². The molecule has 4 atom stereocenters. The lowest BCUT2D eigenvalue weighted by atomic mass is 10.3. The van der Waals surface area contributed by atoms with Gasteiger partial charge in [-0.15, -0.1) is 0 Å². The zero-order valence-electron chi connectivity index (χ0n) is 17.3. The number of anilines is 1. The Morgan fingerprint density at radius 2 is 2.00 bits per heavy atom. The number of hydrogen-bond acceptors (Lipinski definition) is 10. The molecule has 0 amide bonds. The Morgan fingerprint density at radius 3 is 2.72 bits per heavy atom. The maximum absolute atomic E-state index is 10.2. The molecule has 0 bridgehead atoms. The number of imidazole rings is 1. The van der Waals surface area contributed by atoms with E-state index in [-0.39, 0.29) is 19.0 Å². The van der Waals surface area contributed by atoms with Crippen LogP contribution in [-0.2, 0) is 18.5 Å². The van der Waals surface area contributed by atoms with Gasteiger partial charge in [0.05, 0.1) is 6.10 Å². The lowest BCUT2D eigenvalue weighted by molar-refractivity contribution is -0.135. The van der Waals surface area contributed by atoms with Crippen LogP contribution in [0.1, 0.15) is 13.2 Å². The highest BCUT2D eigenvalue weighted by Gasteiger charge is 2.41. The summed E-state index contributed by atoms with van der Waals surface area (Å²) in [7, 11) is 3.76. The number of aromatic nitrogens is 4. The van der Waals surface area contributed by atoms with Crippen LogP contribution in [0.3, 0.4) is 0 Å². The first-order valence-corrected chi connectivity index (χ1v) is 12.4. The summed E-state index contributed by atoms with van der Waals surface area (Å²) >= 11 is 7.40. The summed E-state index contributed by atoms with van der Waals surface area (Å²) in [5.74, 6) is 0.235. The maximum Gasteiger partial charge on any atom is 0.488 e. The molecule has 32 heavy (non-hydrogen) atoms. The molecule has 168 valence electrons. The number of nitrogens with zero attached hydrogens (tertiary/aromatic N) is 4. The summed E-state index contributed by atoms with van der Waals surface area (Å²) < 4.78 is 24.5. The first kappa shape index (κ1) is 23.7. The highest BCUT2D eigenvalue weighted by molar-refractivity contribution is 7.99. The molecule has 3 aromatic rings. The minimum Gasteiger partial charge on any atom is -0.382 e. The van der Waals surface area contributed by atoms with Gasteiger partial charge in [0.15, 0.2) is 28.4 Å². The van der Waals surface area contributed by atoms with Crippen molar-refractivity contribution in [2.24, 2.45) is 0 Å². The second-order valence-corrected chi connectivity index (χ2v) is 10.1. The maximum atomic E-state index is 10.2. The molecule has 0 spiro atoms. The smallest absolute Gasteiger partial charge is 0.382 e. The lowest BCUT2D eigenvalue weighted by Crippen LogP contribution is -2.34. The minimum atomic E-state index is -3.50. The molecule has 10 nitrogen and oxygen atoms in total. The summed E-state index contributed by atoms with van der Waals surface area (Å²) in [6.07, 6.45) is -0.519. The fourth-order valence-electron chi connectivity index (χ4n) is 3.10.